The van der Waals surface area contributed by atoms with Crippen LogP contribution in [0.2, 0.25) is 0 Å². The number of aromatic hydroxyl groups is 1. The molecule has 0 aliphatic carbocycles. The summed E-state index contributed by atoms with van der Waals surface area (Å²) in [6.45, 7) is 4.12. The maximum absolute atomic E-state index is 10.9. The summed E-state index contributed by atoms with van der Waals surface area (Å²) in [7, 11) is 0. The van der Waals surface area contributed by atoms with Crippen molar-refractivity contribution in [1.29, 1.82) is 0 Å². The second kappa shape index (κ2) is 7.05. The molecule has 1 fully saturated rings. The highest BCUT2D eigenvalue weighted by atomic mass is 79.9. The van der Waals surface area contributed by atoms with Gasteiger partial charge in [0.05, 0.1) is 10.9 Å². The van der Waals surface area contributed by atoms with Gasteiger partial charge in [0.15, 0.2) is 5.82 Å². The smallest absolute Gasteiger partial charge is 0.230 e. The van der Waals surface area contributed by atoms with Crippen LogP contribution in [0.5, 0.6) is 5.88 Å². The number of benzene rings is 1. The Morgan fingerprint density at radius 3 is 2.56 bits per heavy atom. The molecule has 1 atom stereocenters. The number of likely N-dealkylation sites (tertiary alicyclic amines) is 1. The zero-order valence-electron chi connectivity index (χ0n) is 14.2. The average molecular weight is 421 g/mol. The van der Waals surface area contributed by atoms with Crippen LogP contribution >= 0.6 is 27.3 Å². The van der Waals surface area contributed by atoms with Crippen molar-refractivity contribution in [2.24, 2.45) is 0 Å². The summed E-state index contributed by atoms with van der Waals surface area (Å²) in [5.41, 5.74) is 1.20. The summed E-state index contributed by atoms with van der Waals surface area (Å²) in [4.78, 5) is 8.70. The third-order valence-electron chi connectivity index (χ3n) is 4.75. The van der Waals surface area contributed by atoms with Crippen molar-refractivity contribution in [1.82, 2.24) is 19.5 Å². The summed E-state index contributed by atoms with van der Waals surface area (Å²) >= 11 is 5.06. The molecule has 1 aliphatic heterocycles. The van der Waals surface area contributed by atoms with Crippen LogP contribution in [-0.4, -0.2) is 37.7 Å². The summed E-state index contributed by atoms with van der Waals surface area (Å²) in [5, 5.41) is 15.3. The van der Waals surface area contributed by atoms with Gasteiger partial charge in [-0.25, -0.2) is 4.98 Å². The van der Waals surface area contributed by atoms with E-state index in [0.717, 1.165) is 39.6 Å². The molecular formula is C18H21BrN4OS. The number of halogens is 1. The number of aryl methyl sites for hydroxylation is 1. The average Bonchev–Trinajstić information content (AvgIpc) is 3.18. The first-order valence-electron chi connectivity index (χ1n) is 8.74. The van der Waals surface area contributed by atoms with E-state index < -0.39 is 0 Å². The zero-order chi connectivity index (χ0) is 17.4. The van der Waals surface area contributed by atoms with E-state index in [2.05, 4.69) is 55.2 Å². The Hall–Kier alpha value is -1.44. The van der Waals surface area contributed by atoms with Crippen LogP contribution < -0.4 is 0 Å². The molecule has 0 radical (unpaired) electrons. The van der Waals surface area contributed by atoms with Gasteiger partial charge in [-0.1, -0.05) is 52.7 Å². The van der Waals surface area contributed by atoms with Gasteiger partial charge in [-0.3, -0.25) is 4.90 Å². The molecule has 3 aromatic rings. The quantitative estimate of drug-likeness (QED) is 0.679. The molecule has 5 nitrogen and oxygen atoms in total. The Labute approximate surface area is 159 Å². The molecule has 0 saturated carbocycles. The predicted molar refractivity (Wildman–Crippen MR) is 103 cm³/mol. The molecule has 1 aliphatic rings. The van der Waals surface area contributed by atoms with E-state index in [1.54, 1.807) is 15.9 Å². The van der Waals surface area contributed by atoms with Crippen molar-refractivity contribution >= 4 is 32.2 Å². The maximum Gasteiger partial charge on any atom is 0.230 e. The van der Waals surface area contributed by atoms with Gasteiger partial charge in [-0.05, 0) is 43.6 Å². The number of thiazole rings is 1. The minimum absolute atomic E-state index is 0.0481. The van der Waals surface area contributed by atoms with Gasteiger partial charge < -0.3 is 5.11 Å². The van der Waals surface area contributed by atoms with E-state index in [1.807, 2.05) is 6.92 Å². The fraction of sp³-hybridized carbons (Fsp3) is 0.444. The zero-order valence-corrected chi connectivity index (χ0v) is 16.6. The summed E-state index contributed by atoms with van der Waals surface area (Å²) in [6.07, 6.45) is 4.46. The third-order valence-corrected chi connectivity index (χ3v) is 6.35. The van der Waals surface area contributed by atoms with Crippen molar-refractivity contribution in [2.75, 3.05) is 13.1 Å². The lowest BCUT2D eigenvalue weighted by atomic mass is 10.0. The van der Waals surface area contributed by atoms with Gasteiger partial charge in [-0.2, -0.15) is 4.52 Å². The monoisotopic (exact) mass is 420 g/mol. The molecule has 1 aromatic carbocycles. The van der Waals surface area contributed by atoms with Crippen molar-refractivity contribution in [3.8, 4) is 5.88 Å². The highest BCUT2D eigenvalue weighted by molar-refractivity contribution is 9.10. The molecule has 0 spiro atoms. The van der Waals surface area contributed by atoms with Crippen LogP contribution in [0.4, 0.5) is 0 Å². The molecule has 132 valence electrons. The molecule has 4 rings (SSSR count). The Morgan fingerprint density at radius 1 is 1.20 bits per heavy atom. The molecule has 0 bridgehead atoms. The van der Waals surface area contributed by atoms with E-state index in [1.165, 1.54) is 24.8 Å². The SMILES string of the molecule is CCc1nc2sc([C@H](c3ccc(Br)cc3)N3CCCCC3)c(O)n2n1. The van der Waals surface area contributed by atoms with Crippen LogP contribution in [0.25, 0.3) is 4.96 Å². The predicted octanol–water partition coefficient (Wildman–Crippen LogP) is 4.40. The van der Waals surface area contributed by atoms with Gasteiger partial charge in [0, 0.05) is 10.9 Å². The van der Waals surface area contributed by atoms with E-state index >= 15 is 0 Å². The first-order valence-corrected chi connectivity index (χ1v) is 10.3. The Kier molecular flexibility index (Phi) is 4.80. The number of fused-ring (bicyclic) bond motifs is 1. The molecule has 0 unspecified atom stereocenters. The molecular weight excluding hydrogens is 400 g/mol. The number of piperidine rings is 1. The number of aromatic nitrogens is 3. The van der Waals surface area contributed by atoms with Crippen molar-refractivity contribution in [3.05, 3.63) is 45.0 Å². The summed E-state index contributed by atoms with van der Waals surface area (Å²) in [5.74, 6) is 0.997. The molecule has 3 heterocycles. The second-order valence-electron chi connectivity index (χ2n) is 6.42. The molecule has 25 heavy (non-hydrogen) atoms. The van der Waals surface area contributed by atoms with E-state index in [4.69, 9.17) is 0 Å². The Bertz CT molecular complexity index is 867. The minimum Gasteiger partial charge on any atom is -0.492 e. The molecule has 1 saturated heterocycles. The fourth-order valence-electron chi connectivity index (χ4n) is 3.47. The molecule has 1 N–H and O–H groups in total. The van der Waals surface area contributed by atoms with Crippen molar-refractivity contribution < 1.29 is 5.11 Å². The first-order chi connectivity index (χ1) is 12.2. The normalized spacial score (nSPS) is 17.2. The lowest BCUT2D eigenvalue weighted by Gasteiger charge is -2.34. The largest absolute Gasteiger partial charge is 0.492 e. The van der Waals surface area contributed by atoms with Gasteiger partial charge in [0.25, 0.3) is 0 Å². The van der Waals surface area contributed by atoms with E-state index in [-0.39, 0.29) is 11.9 Å². The van der Waals surface area contributed by atoms with E-state index in [9.17, 15) is 5.11 Å². The highest BCUT2D eigenvalue weighted by Gasteiger charge is 2.30. The fourth-order valence-corrected chi connectivity index (χ4v) is 4.87. The number of rotatable bonds is 4. The summed E-state index contributed by atoms with van der Waals surface area (Å²) in [6, 6.07) is 8.45. The highest BCUT2D eigenvalue weighted by Crippen LogP contribution is 2.41. The molecule has 2 aromatic heterocycles. The van der Waals surface area contributed by atoms with Crippen molar-refractivity contribution in [2.45, 2.75) is 38.6 Å². The van der Waals surface area contributed by atoms with Gasteiger partial charge in [0.1, 0.15) is 0 Å². The first kappa shape index (κ1) is 17.0. The van der Waals surface area contributed by atoms with Crippen molar-refractivity contribution in [3.63, 3.8) is 0 Å². The van der Waals surface area contributed by atoms with Gasteiger partial charge in [-0.15, -0.1) is 5.10 Å². The topological polar surface area (TPSA) is 53.7 Å². The Morgan fingerprint density at radius 2 is 1.92 bits per heavy atom. The van der Waals surface area contributed by atoms with Gasteiger partial charge >= 0.3 is 0 Å². The Balaban J connectivity index is 1.80. The summed E-state index contributed by atoms with van der Waals surface area (Å²) < 4.78 is 2.65. The third kappa shape index (κ3) is 3.20. The lowest BCUT2D eigenvalue weighted by Crippen LogP contribution is -2.34. The second-order valence-corrected chi connectivity index (χ2v) is 8.34. The van der Waals surface area contributed by atoms with Crippen LogP contribution in [0.3, 0.4) is 0 Å². The number of nitrogens with zero attached hydrogens (tertiary/aromatic N) is 4. The van der Waals surface area contributed by atoms with Crippen LogP contribution in [0.15, 0.2) is 28.7 Å². The maximum atomic E-state index is 10.9. The van der Waals surface area contributed by atoms with Crippen LogP contribution in [0, 0.1) is 0 Å². The number of hydrogen-bond acceptors (Lipinski definition) is 5. The number of hydrogen-bond donors (Lipinski definition) is 1. The van der Waals surface area contributed by atoms with Crippen LogP contribution in [0.1, 0.15) is 48.5 Å². The standard InChI is InChI=1S/C18H21BrN4OS/c1-2-14-20-18-23(21-14)17(24)16(25-18)15(22-10-4-3-5-11-22)12-6-8-13(19)9-7-12/h6-9,15,24H,2-5,10-11H2,1H3/t15-/m0/s1. The lowest BCUT2D eigenvalue weighted by molar-refractivity contribution is 0.186. The molecule has 7 heteroatoms. The minimum atomic E-state index is 0.0481. The van der Waals surface area contributed by atoms with E-state index in [0.29, 0.717) is 0 Å². The molecule has 0 amide bonds. The van der Waals surface area contributed by atoms with Gasteiger partial charge in [0.2, 0.25) is 10.8 Å². The van der Waals surface area contributed by atoms with Crippen LogP contribution in [-0.2, 0) is 6.42 Å².